The summed E-state index contributed by atoms with van der Waals surface area (Å²) in [5, 5.41) is 12.7. The molecular formula is C9H9N3O4. The molecule has 2 rings (SSSR count). The van der Waals surface area contributed by atoms with Gasteiger partial charge in [-0.2, -0.15) is 0 Å². The van der Waals surface area contributed by atoms with Gasteiger partial charge in [-0.15, -0.1) is 0 Å². The van der Waals surface area contributed by atoms with Crippen molar-refractivity contribution in [2.24, 2.45) is 5.92 Å². The zero-order chi connectivity index (χ0) is 11.7. The molecule has 0 saturated heterocycles. The molecule has 0 aromatic carbocycles. The molecule has 1 heterocycles. The number of nitrogens with zero attached hydrogens (tertiary/aromatic N) is 1. The second kappa shape index (κ2) is 3.76. The van der Waals surface area contributed by atoms with Crippen molar-refractivity contribution in [3.63, 3.8) is 0 Å². The van der Waals surface area contributed by atoms with Gasteiger partial charge in [-0.25, -0.2) is 0 Å². The summed E-state index contributed by atoms with van der Waals surface area (Å²) in [5.74, 6) is -1.09. The summed E-state index contributed by atoms with van der Waals surface area (Å²) in [6.07, 6.45) is 3.03. The Balaban J connectivity index is 2.02. The number of amides is 1. The van der Waals surface area contributed by atoms with Crippen molar-refractivity contribution >= 4 is 11.6 Å². The van der Waals surface area contributed by atoms with Crippen LogP contribution in [0.25, 0.3) is 0 Å². The minimum absolute atomic E-state index is 0.112. The zero-order valence-corrected chi connectivity index (χ0v) is 8.17. The summed E-state index contributed by atoms with van der Waals surface area (Å²) >= 11 is 0. The van der Waals surface area contributed by atoms with Crippen LogP contribution >= 0.6 is 0 Å². The maximum absolute atomic E-state index is 11.5. The average Bonchev–Trinajstić information content (AvgIpc) is 3.01. The van der Waals surface area contributed by atoms with Crippen LogP contribution in [0.15, 0.2) is 23.3 Å². The number of nitro groups is 1. The Morgan fingerprint density at radius 1 is 1.62 bits per heavy atom. The van der Waals surface area contributed by atoms with E-state index in [0.29, 0.717) is 0 Å². The number of pyridine rings is 1. The summed E-state index contributed by atoms with van der Waals surface area (Å²) in [7, 11) is 0. The van der Waals surface area contributed by atoms with Crippen molar-refractivity contribution < 1.29 is 9.72 Å². The molecule has 1 fully saturated rings. The highest BCUT2D eigenvalue weighted by Gasteiger charge is 2.53. The fourth-order valence-electron chi connectivity index (χ4n) is 1.44. The second-order valence-corrected chi connectivity index (χ2v) is 3.61. The molecule has 0 unspecified atom stereocenters. The van der Waals surface area contributed by atoms with Crippen molar-refractivity contribution in [1.82, 2.24) is 4.98 Å². The van der Waals surface area contributed by atoms with E-state index in [4.69, 9.17) is 0 Å². The van der Waals surface area contributed by atoms with Crippen molar-refractivity contribution in [3.05, 3.63) is 38.8 Å². The van der Waals surface area contributed by atoms with Crippen LogP contribution in [0.2, 0.25) is 0 Å². The Kier molecular flexibility index (Phi) is 2.43. The van der Waals surface area contributed by atoms with Crippen molar-refractivity contribution in [2.45, 2.75) is 12.5 Å². The second-order valence-electron chi connectivity index (χ2n) is 3.61. The van der Waals surface area contributed by atoms with Gasteiger partial charge < -0.3 is 10.3 Å². The van der Waals surface area contributed by atoms with Crippen LogP contribution in [0.5, 0.6) is 0 Å². The van der Waals surface area contributed by atoms with Gasteiger partial charge in [0.1, 0.15) is 11.6 Å². The molecular weight excluding hydrogens is 214 g/mol. The number of hydrogen-bond acceptors (Lipinski definition) is 4. The molecule has 0 radical (unpaired) electrons. The van der Waals surface area contributed by atoms with Gasteiger partial charge in [0.25, 0.3) is 0 Å². The minimum atomic E-state index is -0.803. The number of anilines is 1. The van der Waals surface area contributed by atoms with Crippen LogP contribution in [0, 0.1) is 16.0 Å². The van der Waals surface area contributed by atoms with Crippen LogP contribution in [0.1, 0.15) is 6.42 Å². The van der Waals surface area contributed by atoms with Crippen molar-refractivity contribution in [2.75, 3.05) is 5.32 Å². The first-order valence-electron chi connectivity index (χ1n) is 4.71. The lowest BCUT2D eigenvalue weighted by Gasteiger charge is -2.01. The first kappa shape index (κ1) is 10.3. The largest absolute Gasteiger partial charge is 0.366 e. The Hall–Kier alpha value is -2.18. The molecule has 84 valence electrons. The highest BCUT2D eigenvalue weighted by molar-refractivity contribution is 5.94. The van der Waals surface area contributed by atoms with Crippen LogP contribution in [0.4, 0.5) is 5.69 Å². The lowest BCUT2D eigenvalue weighted by atomic mass is 10.3. The van der Waals surface area contributed by atoms with Gasteiger partial charge in [0.15, 0.2) is 0 Å². The molecule has 0 spiro atoms. The van der Waals surface area contributed by atoms with E-state index in [0.717, 1.165) is 0 Å². The third kappa shape index (κ3) is 1.92. The van der Waals surface area contributed by atoms with Gasteiger partial charge in [0, 0.05) is 29.8 Å². The molecule has 1 saturated carbocycles. The summed E-state index contributed by atoms with van der Waals surface area (Å²) in [6, 6.07) is 0.468. The third-order valence-electron chi connectivity index (χ3n) is 2.45. The minimum Gasteiger partial charge on any atom is -0.366 e. The molecule has 7 nitrogen and oxygen atoms in total. The molecule has 1 amide bonds. The van der Waals surface area contributed by atoms with Gasteiger partial charge in [-0.1, -0.05) is 0 Å². The smallest absolute Gasteiger partial charge is 0.234 e. The summed E-state index contributed by atoms with van der Waals surface area (Å²) < 4.78 is 0. The maximum Gasteiger partial charge on any atom is 0.234 e. The SMILES string of the molecule is O=C(Nc1c[nH]ccc1=O)[C@H]1C[C@@H]1[N+](=O)[O-]. The Labute approximate surface area is 89.6 Å². The fraction of sp³-hybridized carbons (Fsp3) is 0.333. The monoisotopic (exact) mass is 223 g/mol. The molecule has 0 aliphatic heterocycles. The van der Waals surface area contributed by atoms with E-state index in [1.807, 2.05) is 0 Å². The van der Waals surface area contributed by atoms with Gasteiger partial charge in [-0.05, 0) is 0 Å². The number of H-pyrrole nitrogens is 1. The highest BCUT2D eigenvalue weighted by Crippen LogP contribution is 2.33. The lowest BCUT2D eigenvalue weighted by molar-refractivity contribution is -0.497. The molecule has 1 aliphatic carbocycles. The Bertz CT molecular complexity index is 496. The number of aromatic amines is 1. The van der Waals surface area contributed by atoms with Gasteiger partial charge in [0.2, 0.25) is 17.4 Å². The summed E-state index contributed by atoms with van der Waals surface area (Å²) in [5.41, 5.74) is -0.216. The predicted molar refractivity (Wildman–Crippen MR) is 54.6 cm³/mol. The van der Waals surface area contributed by atoms with Gasteiger partial charge >= 0.3 is 0 Å². The van der Waals surface area contributed by atoms with Crippen molar-refractivity contribution in [3.8, 4) is 0 Å². The number of carbonyl (C=O) groups is 1. The fourth-order valence-corrected chi connectivity index (χ4v) is 1.44. The standard InChI is InChI=1S/C9H9N3O4/c13-8-1-2-10-4-6(8)11-9(14)5-3-7(5)12(15)16/h1-2,4-5,7H,3H2,(H,10,13)(H,11,14)/t5-,7-/m0/s1. The number of rotatable bonds is 3. The van der Waals surface area contributed by atoms with E-state index in [1.54, 1.807) is 0 Å². The van der Waals surface area contributed by atoms with Crippen LogP contribution in [0.3, 0.4) is 0 Å². The molecule has 1 aromatic rings. The number of aromatic nitrogens is 1. The third-order valence-corrected chi connectivity index (χ3v) is 2.45. The van der Waals surface area contributed by atoms with Gasteiger partial charge in [-0.3, -0.25) is 19.7 Å². The Morgan fingerprint density at radius 3 is 2.94 bits per heavy atom. The first-order valence-corrected chi connectivity index (χ1v) is 4.71. The molecule has 1 aliphatic rings. The van der Waals surface area contributed by atoms with Gasteiger partial charge in [0.05, 0.1) is 0 Å². The summed E-state index contributed by atoms with van der Waals surface area (Å²) in [4.78, 5) is 35.3. The topological polar surface area (TPSA) is 105 Å². The van der Waals surface area contributed by atoms with E-state index in [2.05, 4.69) is 10.3 Å². The van der Waals surface area contributed by atoms with Crippen LogP contribution in [-0.4, -0.2) is 21.9 Å². The highest BCUT2D eigenvalue weighted by atomic mass is 16.6. The molecule has 1 aromatic heterocycles. The molecule has 7 heteroatoms. The number of nitrogens with one attached hydrogen (secondary N) is 2. The van der Waals surface area contributed by atoms with E-state index in [9.17, 15) is 19.7 Å². The number of hydrogen-bond donors (Lipinski definition) is 2. The van der Waals surface area contributed by atoms with E-state index < -0.39 is 22.8 Å². The normalized spacial score (nSPS) is 22.5. The maximum atomic E-state index is 11.5. The Morgan fingerprint density at radius 2 is 2.38 bits per heavy atom. The lowest BCUT2D eigenvalue weighted by Crippen LogP contribution is -2.22. The first-order chi connectivity index (χ1) is 7.59. The molecule has 16 heavy (non-hydrogen) atoms. The van der Waals surface area contributed by atoms with E-state index in [1.165, 1.54) is 18.5 Å². The van der Waals surface area contributed by atoms with Crippen LogP contribution < -0.4 is 10.7 Å². The predicted octanol–water partition coefficient (Wildman–Crippen LogP) is -0.0214. The van der Waals surface area contributed by atoms with Crippen LogP contribution in [-0.2, 0) is 4.79 Å². The van der Waals surface area contributed by atoms with E-state index >= 15 is 0 Å². The molecule has 2 atom stereocenters. The zero-order valence-electron chi connectivity index (χ0n) is 8.17. The molecule has 0 bridgehead atoms. The average molecular weight is 223 g/mol. The molecule has 2 N–H and O–H groups in total. The number of carbonyl (C=O) groups excluding carboxylic acids is 1. The van der Waals surface area contributed by atoms with E-state index in [-0.39, 0.29) is 17.5 Å². The van der Waals surface area contributed by atoms with Crippen molar-refractivity contribution in [1.29, 1.82) is 0 Å². The quantitative estimate of drug-likeness (QED) is 0.554. The summed E-state index contributed by atoms with van der Waals surface area (Å²) in [6.45, 7) is 0.